The van der Waals surface area contributed by atoms with E-state index in [1.807, 2.05) is 42.5 Å². The van der Waals surface area contributed by atoms with E-state index >= 15 is 0 Å². The molecule has 0 fully saturated rings. The average molecular weight is 356 g/mol. The highest BCUT2D eigenvalue weighted by molar-refractivity contribution is 9.10. The van der Waals surface area contributed by atoms with E-state index in [9.17, 15) is 0 Å². The summed E-state index contributed by atoms with van der Waals surface area (Å²) in [6.07, 6.45) is 0. The molecule has 20 heavy (non-hydrogen) atoms. The largest absolute Gasteiger partial charge is 0.496 e. The van der Waals surface area contributed by atoms with Crippen LogP contribution in [0, 0.1) is 0 Å². The Kier molecular flexibility index (Phi) is 5.29. The maximum Gasteiger partial charge on any atom is 0.133 e. The number of anilines is 1. The second-order valence-electron chi connectivity index (χ2n) is 4.31. The average Bonchev–Trinajstić information content (AvgIpc) is 2.46. The van der Waals surface area contributed by atoms with E-state index in [1.54, 1.807) is 7.11 Å². The second-order valence-corrected chi connectivity index (χ2v) is 5.57. The van der Waals surface area contributed by atoms with Crippen molar-refractivity contribution in [3.8, 4) is 5.75 Å². The molecule has 3 N–H and O–H groups in total. The molecule has 3 nitrogen and oxygen atoms in total. The van der Waals surface area contributed by atoms with Crippen LogP contribution in [-0.2, 0) is 0 Å². The molecule has 0 aliphatic heterocycles. The summed E-state index contributed by atoms with van der Waals surface area (Å²) in [5.41, 5.74) is 7.81. The Morgan fingerprint density at radius 1 is 1.30 bits per heavy atom. The molecule has 106 valence electrons. The summed E-state index contributed by atoms with van der Waals surface area (Å²) < 4.78 is 6.13. The van der Waals surface area contributed by atoms with Gasteiger partial charge < -0.3 is 15.8 Å². The highest BCUT2D eigenvalue weighted by Crippen LogP contribution is 2.30. The maximum atomic E-state index is 6.16. The summed E-state index contributed by atoms with van der Waals surface area (Å²) in [5.74, 6) is 0.794. The van der Waals surface area contributed by atoms with Crippen molar-refractivity contribution < 1.29 is 4.74 Å². The van der Waals surface area contributed by atoms with E-state index in [0.717, 1.165) is 21.5 Å². The van der Waals surface area contributed by atoms with Crippen LogP contribution in [0.25, 0.3) is 0 Å². The fourth-order valence-corrected chi connectivity index (χ4v) is 2.69. The molecule has 0 spiro atoms. The lowest BCUT2D eigenvalue weighted by Crippen LogP contribution is -2.20. The number of nitrogens with one attached hydrogen (secondary N) is 1. The number of hydrogen-bond acceptors (Lipinski definition) is 3. The van der Waals surface area contributed by atoms with Crippen molar-refractivity contribution in [2.45, 2.75) is 6.04 Å². The third kappa shape index (κ3) is 3.45. The van der Waals surface area contributed by atoms with Gasteiger partial charge in [0.05, 0.1) is 28.3 Å². The maximum absolute atomic E-state index is 6.16. The third-order valence-corrected chi connectivity index (χ3v) is 3.97. The number of halogens is 2. The molecular weight excluding hydrogens is 340 g/mol. The van der Waals surface area contributed by atoms with Gasteiger partial charge >= 0.3 is 0 Å². The van der Waals surface area contributed by atoms with E-state index in [2.05, 4.69) is 21.2 Å². The molecule has 2 aromatic carbocycles. The van der Waals surface area contributed by atoms with Crippen molar-refractivity contribution in [2.24, 2.45) is 5.73 Å². The summed E-state index contributed by atoms with van der Waals surface area (Å²) in [6, 6.07) is 13.5. The van der Waals surface area contributed by atoms with E-state index in [1.165, 1.54) is 0 Å². The minimum atomic E-state index is -0.0166. The van der Waals surface area contributed by atoms with Crippen molar-refractivity contribution in [3.63, 3.8) is 0 Å². The molecule has 0 aliphatic carbocycles. The summed E-state index contributed by atoms with van der Waals surface area (Å²) >= 11 is 9.64. The van der Waals surface area contributed by atoms with Gasteiger partial charge in [0.15, 0.2) is 0 Å². The molecule has 0 aromatic heterocycles. The summed E-state index contributed by atoms with van der Waals surface area (Å²) in [4.78, 5) is 0. The van der Waals surface area contributed by atoms with Crippen LogP contribution in [0.15, 0.2) is 46.9 Å². The van der Waals surface area contributed by atoms with Gasteiger partial charge in [0.25, 0.3) is 0 Å². The van der Waals surface area contributed by atoms with Gasteiger partial charge in [0.2, 0.25) is 0 Å². The number of hydrogen-bond donors (Lipinski definition) is 2. The predicted molar refractivity (Wildman–Crippen MR) is 87.6 cm³/mol. The fraction of sp³-hybridized carbons (Fsp3) is 0.200. The van der Waals surface area contributed by atoms with E-state index < -0.39 is 0 Å². The van der Waals surface area contributed by atoms with Gasteiger partial charge in [-0.25, -0.2) is 0 Å². The Hall–Kier alpha value is -1.23. The smallest absolute Gasteiger partial charge is 0.133 e. The van der Waals surface area contributed by atoms with Crippen molar-refractivity contribution in [1.29, 1.82) is 0 Å². The zero-order valence-corrected chi connectivity index (χ0v) is 13.4. The number of methoxy groups -OCH3 is 1. The number of para-hydroxylation sites is 1. The Balaban J connectivity index is 2.24. The predicted octanol–water partition coefficient (Wildman–Crippen LogP) is 4.22. The highest BCUT2D eigenvalue weighted by Gasteiger charge is 2.13. The van der Waals surface area contributed by atoms with Crippen LogP contribution in [0.4, 0.5) is 5.69 Å². The number of rotatable bonds is 5. The number of ether oxygens (including phenoxy) is 1. The Morgan fingerprint density at radius 3 is 2.65 bits per heavy atom. The topological polar surface area (TPSA) is 47.3 Å². The fourth-order valence-electron chi connectivity index (χ4n) is 1.94. The zero-order valence-electron chi connectivity index (χ0n) is 11.1. The lowest BCUT2D eigenvalue weighted by Gasteiger charge is -2.20. The SMILES string of the molecule is COc1ccc(C(CN)Nc2ccccc2Cl)cc1Br. The van der Waals surface area contributed by atoms with Gasteiger partial charge in [-0.1, -0.05) is 29.8 Å². The molecule has 0 saturated carbocycles. The second kappa shape index (κ2) is 6.97. The molecule has 1 unspecified atom stereocenters. The van der Waals surface area contributed by atoms with Crippen molar-refractivity contribution in [2.75, 3.05) is 19.0 Å². The molecule has 0 saturated heterocycles. The third-order valence-electron chi connectivity index (χ3n) is 3.02. The molecule has 0 heterocycles. The van der Waals surface area contributed by atoms with Gasteiger partial charge in [-0.2, -0.15) is 0 Å². The van der Waals surface area contributed by atoms with Gasteiger partial charge in [-0.3, -0.25) is 0 Å². The number of nitrogens with two attached hydrogens (primary N) is 1. The first-order valence-corrected chi connectivity index (χ1v) is 7.37. The van der Waals surface area contributed by atoms with Crippen molar-refractivity contribution in [3.05, 3.63) is 57.5 Å². The Morgan fingerprint density at radius 2 is 2.05 bits per heavy atom. The molecular formula is C15H16BrClN2O. The minimum absolute atomic E-state index is 0.0166. The van der Waals surface area contributed by atoms with Crippen LogP contribution < -0.4 is 15.8 Å². The normalized spacial score (nSPS) is 12.0. The quantitative estimate of drug-likeness (QED) is 0.844. The first-order valence-electron chi connectivity index (χ1n) is 6.20. The molecule has 1 atom stereocenters. The van der Waals surface area contributed by atoms with Crippen LogP contribution in [0.2, 0.25) is 5.02 Å². The van der Waals surface area contributed by atoms with Crippen LogP contribution in [-0.4, -0.2) is 13.7 Å². The first-order chi connectivity index (χ1) is 9.65. The molecule has 0 bridgehead atoms. The van der Waals surface area contributed by atoms with Crippen molar-refractivity contribution >= 4 is 33.2 Å². The van der Waals surface area contributed by atoms with Gasteiger partial charge in [0.1, 0.15) is 5.75 Å². The molecule has 2 aromatic rings. The summed E-state index contributed by atoms with van der Waals surface area (Å²) in [6.45, 7) is 0.462. The van der Waals surface area contributed by atoms with Crippen LogP contribution >= 0.6 is 27.5 Å². The van der Waals surface area contributed by atoms with Gasteiger partial charge in [-0.15, -0.1) is 0 Å². The van der Waals surface area contributed by atoms with E-state index in [4.69, 9.17) is 22.1 Å². The first kappa shape index (κ1) is 15.2. The standard InChI is InChI=1S/C15H16BrClN2O/c1-20-15-7-6-10(8-11(15)16)14(9-18)19-13-5-3-2-4-12(13)17/h2-8,14,19H,9,18H2,1H3. The van der Waals surface area contributed by atoms with E-state index in [0.29, 0.717) is 11.6 Å². The van der Waals surface area contributed by atoms with Crippen LogP contribution in [0.1, 0.15) is 11.6 Å². The molecule has 0 amide bonds. The zero-order chi connectivity index (χ0) is 14.5. The van der Waals surface area contributed by atoms with E-state index in [-0.39, 0.29) is 6.04 Å². The number of benzene rings is 2. The molecule has 2 rings (SSSR count). The van der Waals surface area contributed by atoms with Crippen LogP contribution in [0.3, 0.4) is 0 Å². The van der Waals surface area contributed by atoms with Gasteiger partial charge in [0, 0.05) is 6.54 Å². The van der Waals surface area contributed by atoms with Crippen LogP contribution in [0.5, 0.6) is 5.75 Å². The molecule has 0 aliphatic rings. The minimum Gasteiger partial charge on any atom is -0.496 e. The lowest BCUT2D eigenvalue weighted by atomic mass is 10.1. The van der Waals surface area contributed by atoms with Crippen molar-refractivity contribution in [1.82, 2.24) is 0 Å². The Labute approximate surface area is 132 Å². The highest BCUT2D eigenvalue weighted by atomic mass is 79.9. The molecule has 0 radical (unpaired) electrons. The molecule has 5 heteroatoms. The Bertz CT molecular complexity index is 592. The summed E-state index contributed by atoms with van der Waals surface area (Å²) in [5, 5.41) is 4.04. The lowest BCUT2D eigenvalue weighted by molar-refractivity contribution is 0.412. The van der Waals surface area contributed by atoms with Gasteiger partial charge in [-0.05, 0) is 45.8 Å². The summed E-state index contributed by atoms with van der Waals surface area (Å²) in [7, 11) is 1.64. The monoisotopic (exact) mass is 354 g/mol.